The molecule has 0 saturated carbocycles. The van der Waals surface area contributed by atoms with E-state index in [9.17, 15) is 0 Å². The van der Waals surface area contributed by atoms with Gasteiger partial charge in [0.1, 0.15) is 0 Å². The van der Waals surface area contributed by atoms with Gasteiger partial charge in [-0.25, -0.2) is 0 Å². The van der Waals surface area contributed by atoms with E-state index in [0.29, 0.717) is 0 Å². The molecule has 1 radical (unpaired) electrons. The van der Waals surface area contributed by atoms with Gasteiger partial charge in [-0.05, 0) is 11.0 Å². The predicted molar refractivity (Wildman–Crippen MR) is 21.3 cm³/mol. The molecule has 0 rings (SSSR count). The van der Waals surface area contributed by atoms with Gasteiger partial charge in [-0.15, -0.1) is 0 Å². The molecular formula is H7AlCrMnSi. The summed E-state index contributed by atoms with van der Waals surface area (Å²) in [5.74, 6) is 0. The maximum atomic E-state index is 0. The first kappa shape index (κ1) is 41.2. The van der Waals surface area contributed by atoms with Gasteiger partial charge in [-0.1, -0.05) is 0 Å². The third-order valence-electron chi connectivity index (χ3n) is 0. The summed E-state index contributed by atoms with van der Waals surface area (Å²) in [5, 5.41) is 0. The molecule has 0 nitrogen and oxygen atoms in total. The monoisotopic (exact) mass is 169 g/mol. The minimum Gasteiger partial charge on any atom is -0.0149 e. The molecule has 0 heterocycles. The van der Waals surface area contributed by atoms with Crippen LogP contribution in [0.4, 0.5) is 0 Å². The van der Waals surface area contributed by atoms with E-state index in [0.717, 1.165) is 0 Å². The van der Waals surface area contributed by atoms with E-state index >= 15 is 0 Å². The Hall–Kier alpha value is 1.80. The summed E-state index contributed by atoms with van der Waals surface area (Å²) in [7, 11) is 0. The summed E-state index contributed by atoms with van der Waals surface area (Å²) in [6.45, 7) is 0. The van der Waals surface area contributed by atoms with Crippen molar-refractivity contribution < 1.29 is 34.4 Å². The zero-order chi connectivity index (χ0) is 0. The zero-order valence-electron chi connectivity index (χ0n) is 0.786. The van der Waals surface area contributed by atoms with Crippen molar-refractivity contribution in [3.05, 3.63) is 0 Å². The fourth-order valence-corrected chi connectivity index (χ4v) is 0. The standard InChI is InChI=1S/Al.Cr.Mn.H4Si.3H/h;;;1H4;;;. The molecule has 4 heavy (non-hydrogen) atoms. The second-order valence-electron chi connectivity index (χ2n) is 0. The molecule has 0 fully saturated rings. The van der Waals surface area contributed by atoms with Crippen LogP contribution in [0.5, 0.6) is 0 Å². The molecule has 0 spiro atoms. The Balaban J connectivity index is 0. The van der Waals surface area contributed by atoms with E-state index in [2.05, 4.69) is 0 Å². The maximum Gasteiger partial charge on any atom is 0.187 e. The van der Waals surface area contributed by atoms with E-state index in [1.165, 1.54) is 0 Å². The van der Waals surface area contributed by atoms with Crippen molar-refractivity contribution in [1.29, 1.82) is 0 Å². The van der Waals surface area contributed by atoms with Crippen molar-refractivity contribution in [2.24, 2.45) is 0 Å². The summed E-state index contributed by atoms with van der Waals surface area (Å²) in [6.07, 6.45) is 0. The van der Waals surface area contributed by atoms with Crippen molar-refractivity contribution in [1.82, 2.24) is 0 Å². The van der Waals surface area contributed by atoms with Gasteiger partial charge in [0, 0.05) is 34.4 Å². The summed E-state index contributed by atoms with van der Waals surface area (Å²) >= 11 is 0. The molecule has 27 valence electrons. The summed E-state index contributed by atoms with van der Waals surface area (Å²) in [6, 6.07) is 0. The van der Waals surface area contributed by atoms with E-state index in [1.54, 1.807) is 0 Å². The maximum absolute atomic E-state index is 0. The average Bonchev–Trinajstić information content (AvgIpc) is 0. The van der Waals surface area contributed by atoms with Crippen molar-refractivity contribution in [2.45, 2.75) is 0 Å². The molecule has 4 heteroatoms. The van der Waals surface area contributed by atoms with Crippen LogP contribution >= 0.6 is 0 Å². The fourth-order valence-electron chi connectivity index (χ4n) is 0. The van der Waals surface area contributed by atoms with Crippen LogP contribution in [0, 0.1) is 0 Å². The Morgan fingerprint density at radius 2 is 1.00 bits per heavy atom. The number of rotatable bonds is 0. The van der Waals surface area contributed by atoms with E-state index in [1.807, 2.05) is 0 Å². The van der Waals surface area contributed by atoms with Crippen LogP contribution in [-0.2, 0) is 34.4 Å². The van der Waals surface area contributed by atoms with Gasteiger partial charge in [-0.3, -0.25) is 0 Å². The molecule has 0 aromatic heterocycles. The largest absolute Gasteiger partial charge is 0.187 e. The zero-order valence-corrected chi connectivity index (χ0v) is 3.24. The predicted octanol–water partition coefficient (Wildman–Crippen LogP) is -2.64. The van der Waals surface area contributed by atoms with E-state index in [4.69, 9.17) is 0 Å². The topological polar surface area (TPSA) is 0 Å². The Morgan fingerprint density at radius 1 is 1.00 bits per heavy atom. The second kappa shape index (κ2) is 21.4. The molecule has 0 aromatic rings. The number of hydrogen-bond donors (Lipinski definition) is 0. The van der Waals surface area contributed by atoms with E-state index in [-0.39, 0.29) is 62.8 Å². The smallest absolute Gasteiger partial charge is 0.0149 e. The SMILES string of the molecule is [AlH3].[Cr].[Mn].[SiH4]. The molecule has 0 aromatic carbocycles. The molecule has 0 aliphatic carbocycles. The normalized spacial score (nSPS) is 0. The van der Waals surface area contributed by atoms with Crippen LogP contribution in [0.15, 0.2) is 0 Å². The van der Waals surface area contributed by atoms with Crippen molar-refractivity contribution >= 4 is 28.3 Å². The fraction of sp³-hybridized carbons (Fsp3) is 0. The minimum atomic E-state index is 0. The summed E-state index contributed by atoms with van der Waals surface area (Å²) < 4.78 is 0. The quantitative estimate of drug-likeness (QED) is 0.348. The molecule has 0 amide bonds. The molecule has 0 atom stereocenters. The Bertz CT molecular complexity index is 8.00. The van der Waals surface area contributed by atoms with Crippen LogP contribution < -0.4 is 0 Å². The first-order valence-electron chi connectivity index (χ1n) is 0. The van der Waals surface area contributed by atoms with Crippen LogP contribution in [0.25, 0.3) is 0 Å². The first-order chi connectivity index (χ1) is 0. The minimum absolute atomic E-state index is 0. The molecule has 0 aliphatic heterocycles. The van der Waals surface area contributed by atoms with Gasteiger partial charge >= 0.3 is 0 Å². The third kappa shape index (κ3) is 9.19. The molecule has 0 aliphatic rings. The second-order valence-corrected chi connectivity index (χ2v) is 0. The van der Waals surface area contributed by atoms with E-state index < -0.39 is 0 Å². The van der Waals surface area contributed by atoms with Crippen LogP contribution in [0.1, 0.15) is 0 Å². The van der Waals surface area contributed by atoms with Crippen LogP contribution in [-0.4, -0.2) is 28.3 Å². The summed E-state index contributed by atoms with van der Waals surface area (Å²) in [5.41, 5.74) is 0. The van der Waals surface area contributed by atoms with Gasteiger partial charge < -0.3 is 0 Å². The van der Waals surface area contributed by atoms with Gasteiger partial charge in [0.15, 0.2) is 17.4 Å². The van der Waals surface area contributed by atoms with Crippen molar-refractivity contribution in [3.8, 4) is 0 Å². The molecule has 0 bridgehead atoms. The van der Waals surface area contributed by atoms with Crippen LogP contribution in [0.3, 0.4) is 0 Å². The van der Waals surface area contributed by atoms with Crippen LogP contribution in [0.2, 0.25) is 0 Å². The average molecular weight is 169 g/mol. The van der Waals surface area contributed by atoms with Crippen molar-refractivity contribution in [2.75, 3.05) is 0 Å². The number of hydrogen-bond acceptors (Lipinski definition) is 0. The Morgan fingerprint density at radius 3 is 1.00 bits per heavy atom. The van der Waals surface area contributed by atoms with Gasteiger partial charge in [0.2, 0.25) is 0 Å². The Labute approximate surface area is 62.5 Å². The summed E-state index contributed by atoms with van der Waals surface area (Å²) in [4.78, 5) is 0. The molecule has 0 saturated heterocycles. The molecule has 0 unspecified atom stereocenters. The van der Waals surface area contributed by atoms with Gasteiger partial charge in [-0.2, -0.15) is 0 Å². The first-order valence-corrected chi connectivity index (χ1v) is 0. The van der Waals surface area contributed by atoms with Crippen molar-refractivity contribution in [3.63, 3.8) is 0 Å². The molecular weight excluding hydrogens is 162 g/mol. The van der Waals surface area contributed by atoms with Gasteiger partial charge in [0.05, 0.1) is 0 Å². The Kier molecular flexibility index (Phi) is 220. The third-order valence-corrected chi connectivity index (χ3v) is 0. The molecule has 0 N–H and O–H groups in total. The van der Waals surface area contributed by atoms with Gasteiger partial charge in [0.25, 0.3) is 0 Å².